The van der Waals surface area contributed by atoms with Crippen LogP contribution in [0.15, 0.2) is 45.3 Å². The summed E-state index contributed by atoms with van der Waals surface area (Å²) in [5.41, 5.74) is -0.187. The van der Waals surface area contributed by atoms with Crippen LogP contribution in [0.4, 0.5) is 0 Å². The first kappa shape index (κ1) is 19.1. The minimum atomic E-state index is -1.36. The lowest BCUT2D eigenvalue weighted by Crippen LogP contribution is -2.55. The maximum Gasteiger partial charge on any atom is 0.196 e. The second kappa shape index (κ2) is 6.85. The number of phenols is 1. The van der Waals surface area contributed by atoms with E-state index in [0.29, 0.717) is 12.2 Å². The van der Waals surface area contributed by atoms with Crippen LogP contribution < -0.4 is 10.2 Å². The fraction of sp³-hybridized carbons (Fsp3) is 0.381. The van der Waals surface area contributed by atoms with Gasteiger partial charge in [0.25, 0.3) is 0 Å². The summed E-state index contributed by atoms with van der Waals surface area (Å²) in [5.74, 6) is 0.0452. The number of hydrogen-bond donors (Lipinski definition) is 5. The van der Waals surface area contributed by atoms with Gasteiger partial charge in [0.2, 0.25) is 0 Å². The van der Waals surface area contributed by atoms with Crippen molar-refractivity contribution in [3.63, 3.8) is 0 Å². The topological polar surface area (TPSA) is 150 Å². The predicted octanol–water partition coefficient (Wildman–Crippen LogP) is 0.899. The van der Waals surface area contributed by atoms with Gasteiger partial charge in [-0.2, -0.15) is 0 Å². The van der Waals surface area contributed by atoms with Crippen molar-refractivity contribution in [3.8, 4) is 11.5 Å². The van der Waals surface area contributed by atoms with E-state index < -0.39 is 42.6 Å². The standard InChI is InChI=1S/C21H20O9/c22-7-14-17(25)19(27)21-20(30-14)16-13(29-21)6-12-15(18(16)26)10(24)5-11(28-12)8-1-3-9(23)4-2-8/h1,3-6,8,14,17,19-23,25-27H,2,7H2/t8?,14-,17+,19+,20-,21+/m0/s1. The van der Waals surface area contributed by atoms with E-state index in [4.69, 9.17) is 13.9 Å². The fourth-order valence-corrected chi connectivity index (χ4v) is 4.29. The van der Waals surface area contributed by atoms with E-state index in [1.165, 1.54) is 18.2 Å². The van der Waals surface area contributed by atoms with Crippen molar-refractivity contribution in [3.05, 3.63) is 57.7 Å². The van der Waals surface area contributed by atoms with Crippen molar-refractivity contribution in [2.24, 2.45) is 0 Å². The molecule has 30 heavy (non-hydrogen) atoms. The first-order valence-corrected chi connectivity index (χ1v) is 9.59. The van der Waals surface area contributed by atoms with Gasteiger partial charge in [0.05, 0.1) is 12.2 Å². The van der Waals surface area contributed by atoms with Crippen LogP contribution in [0.5, 0.6) is 11.5 Å². The third-order valence-corrected chi connectivity index (χ3v) is 5.87. The quantitative estimate of drug-likeness (QED) is 0.481. The van der Waals surface area contributed by atoms with E-state index in [1.807, 2.05) is 0 Å². The van der Waals surface area contributed by atoms with Crippen molar-refractivity contribution < 1.29 is 39.4 Å². The van der Waals surface area contributed by atoms with Gasteiger partial charge < -0.3 is 39.4 Å². The molecule has 1 aliphatic carbocycles. The van der Waals surface area contributed by atoms with Crippen molar-refractivity contribution in [2.75, 3.05) is 6.61 Å². The molecule has 3 aliphatic rings. The Labute approximate surface area is 169 Å². The normalized spacial score (nSPS) is 32.4. The molecule has 1 unspecified atom stereocenters. The fourth-order valence-electron chi connectivity index (χ4n) is 4.29. The molecule has 1 fully saturated rings. The number of ether oxygens (including phenoxy) is 2. The lowest BCUT2D eigenvalue weighted by atomic mass is 9.91. The molecule has 9 nitrogen and oxygen atoms in total. The van der Waals surface area contributed by atoms with E-state index in [2.05, 4.69) is 0 Å². The number of aromatic hydroxyl groups is 1. The number of benzene rings is 1. The monoisotopic (exact) mass is 416 g/mol. The van der Waals surface area contributed by atoms with Crippen LogP contribution in [0.1, 0.15) is 29.8 Å². The van der Waals surface area contributed by atoms with Crippen molar-refractivity contribution in [1.29, 1.82) is 0 Å². The summed E-state index contributed by atoms with van der Waals surface area (Å²) in [5, 5.41) is 50.2. The van der Waals surface area contributed by atoms with Gasteiger partial charge in [-0.1, -0.05) is 6.08 Å². The van der Waals surface area contributed by atoms with Crippen molar-refractivity contribution in [2.45, 2.75) is 42.9 Å². The van der Waals surface area contributed by atoms with Crippen LogP contribution in [0.3, 0.4) is 0 Å². The molecule has 0 radical (unpaired) electrons. The number of fused-ring (bicyclic) bond motifs is 4. The molecule has 2 aliphatic heterocycles. The second-order valence-electron chi connectivity index (χ2n) is 7.69. The molecule has 2 aromatic rings. The van der Waals surface area contributed by atoms with E-state index in [9.17, 15) is 30.3 Å². The van der Waals surface area contributed by atoms with Crippen LogP contribution in [-0.2, 0) is 4.74 Å². The van der Waals surface area contributed by atoms with Crippen molar-refractivity contribution >= 4 is 11.0 Å². The van der Waals surface area contributed by atoms with Crippen LogP contribution >= 0.6 is 0 Å². The SMILES string of the molecule is O=c1cc(C2C=CC(O)=CC2)oc2cc3c(c(O)c12)[C@@H]1O[C@@H](CO)[C@@H](O)[C@@H](O)[C@H]1O3. The molecule has 1 aromatic heterocycles. The van der Waals surface area contributed by atoms with Crippen LogP contribution in [0, 0.1) is 0 Å². The van der Waals surface area contributed by atoms with Crippen LogP contribution in [-0.4, -0.2) is 56.6 Å². The van der Waals surface area contributed by atoms with Crippen molar-refractivity contribution in [1.82, 2.24) is 0 Å². The highest BCUT2D eigenvalue weighted by Crippen LogP contribution is 2.50. The summed E-state index contributed by atoms with van der Waals surface area (Å²) in [7, 11) is 0. The molecule has 0 amide bonds. The molecule has 1 aromatic carbocycles. The molecule has 3 heterocycles. The number of allylic oxidation sites excluding steroid dienone is 3. The van der Waals surface area contributed by atoms with Gasteiger partial charge in [0.15, 0.2) is 11.5 Å². The maximum absolute atomic E-state index is 12.8. The second-order valence-corrected chi connectivity index (χ2v) is 7.69. The number of hydrogen-bond acceptors (Lipinski definition) is 9. The smallest absolute Gasteiger partial charge is 0.196 e. The molecular formula is C21H20O9. The Morgan fingerprint density at radius 3 is 2.63 bits per heavy atom. The zero-order valence-electron chi connectivity index (χ0n) is 15.6. The Balaban J connectivity index is 1.61. The number of aliphatic hydroxyl groups excluding tert-OH is 4. The van der Waals surface area contributed by atoms with Crippen LogP contribution in [0.2, 0.25) is 0 Å². The first-order valence-electron chi connectivity index (χ1n) is 9.59. The molecule has 0 saturated carbocycles. The van der Waals surface area contributed by atoms with E-state index in [-0.39, 0.29) is 39.7 Å². The van der Waals surface area contributed by atoms with Crippen LogP contribution in [0.25, 0.3) is 11.0 Å². The van der Waals surface area contributed by atoms with Gasteiger partial charge in [0, 0.05) is 18.1 Å². The molecular weight excluding hydrogens is 396 g/mol. The summed E-state index contributed by atoms with van der Waals surface area (Å²) in [6.45, 7) is -0.532. The number of phenolic OH excluding ortho intramolecular Hbond substituents is 1. The Kier molecular flexibility index (Phi) is 4.37. The first-order chi connectivity index (χ1) is 14.4. The van der Waals surface area contributed by atoms with Gasteiger partial charge in [-0.3, -0.25) is 4.79 Å². The van der Waals surface area contributed by atoms with E-state index in [0.717, 1.165) is 0 Å². The van der Waals surface area contributed by atoms with E-state index >= 15 is 0 Å². The minimum Gasteiger partial charge on any atom is -0.508 e. The van der Waals surface area contributed by atoms with Gasteiger partial charge in [-0.15, -0.1) is 0 Å². The van der Waals surface area contributed by atoms with Gasteiger partial charge >= 0.3 is 0 Å². The Morgan fingerprint density at radius 1 is 1.13 bits per heavy atom. The Morgan fingerprint density at radius 2 is 1.93 bits per heavy atom. The Hall–Kier alpha value is -2.85. The summed E-state index contributed by atoms with van der Waals surface area (Å²) < 4.78 is 17.2. The summed E-state index contributed by atoms with van der Waals surface area (Å²) in [6.07, 6.45) is -0.450. The zero-order valence-corrected chi connectivity index (χ0v) is 15.6. The number of rotatable bonds is 2. The molecule has 6 atom stereocenters. The third kappa shape index (κ3) is 2.74. The predicted molar refractivity (Wildman–Crippen MR) is 102 cm³/mol. The average molecular weight is 416 g/mol. The molecule has 0 bridgehead atoms. The zero-order chi connectivity index (χ0) is 21.2. The Bertz CT molecular complexity index is 1130. The summed E-state index contributed by atoms with van der Waals surface area (Å²) in [6, 6.07) is 2.74. The minimum absolute atomic E-state index is 0.0512. The maximum atomic E-state index is 12.8. The molecule has 1 saturated heterocycles. The largest absolute Gasteiger partial charge is 0.508 e. The lowest BCUT2D eigenvalue weighted by Gasteiger charge is -2.38. The highest BCUT2D eigenvalue weighted by Gasteiger charge is 2.52. The highest BCUT2D eigenvalue weighted by atomic mass is 16.6. The average Bonchev–Trinajstić information content (AvgIpc) is 3.09. The lowest BCUT2D eigenvalue weighted by molar-refractivity contribution is -0.215. The van der Waals surface area contributed by atoms with E-state index in [1.54, 1.807) is 12.2 Å². The summed E-state index contributed by atoms with van der Waals surface area (Å²) >= 11 is 0. The van der Waals surface area contributed by atoms with Gasteiger partial charge in [0.1, 0.15) is 58.4 Å². The highest BCUT2D eigenvalue weighted by molar-refractivity contribution is 5.87. The van der Waals surface area contributed by atoms with Gasteiger partial charge in [-0.05, 0) is 18.6 Å². The molecule has 158 valence electrons. The molecule has 9 heteroatoms. The van der Waals surface area contributed by atoms with Gasteiger partial charge in [-0.25, -0.2) is 0 Å². The number of aliphatic hydroxyl groups is 4. The molecule has 5 rings (SSSR count). The molecule has 5 N–H and O–H groups in total. The third-order valence-electron chi connectivity index (χ3n) is 5.87. The molecule has 0 spiro atoms. The summed E-state index contributed by atoms with van der Waals surface area (Å²) in [4.78, 5) is 12.8.